The van der Waals surface area contributed by atoms with Crippen molar-refractivity contribution >= 4 is 33.2 Å². The Morgan fingerprint density at radius 2 is 1.78 bits per heavy atom. The second-order valence-corrected chi connectivity index (χ2v) is 7.16. The summed E-state index contributed by atoms with van der Waals surface area (Å²) in [5.41, 5.74) is 0.761. The number of anilines is 2. The molecule has 0 radical (unpaired) electrons. The van der Waals surface area contributed by atoms with Crippen LogP contribution >= 0.6 is 0 Å². The van der Waals surface area contributed by atoms with E-state index in [1.807, 2.05) is 0 Å². The van der Waals surface area contributed by atoms with E-state index in [9.17, 15) is 18.0 Å². The smallest absolute Gasteiger partial charge is 0.411 e. The Kier molecular flexibility index (Phi) is 6.98. The maximum Gasteiger partial charge on any atom is 0.411 e. The van der Waals surface area contributed by atoms with E-state index in [4.69, 9.17) is 9.47 Å². The Morgan fingerprint density at radius 1 is 1.17 bits per heavy atom. The Morgan fingerprint density at radius 3 is 2.35 bits per heavy atom. The van der Waals surface area contributed by atoms with Gasteiger partial charge >= 0.3 is 6.09 Å². The molecule has 1 atom stereocenters. The highest BCUT2D eigenvalue weighted by Crippen LogP contribution is 2.16. The van der Waals surface area contributed by atoms with Crippen LogP contribution in [0.25, 0.3) is 0 Å². The summed E-state index contributed by atoms with van der Waals surface area (Å²) in [6, 6.07) is 6.28. The van der Waals surface area contributed by atoms with Gasteiger partial charge in [-0.1, -0.05) is 6.07 Å². The maximum absolute atomic E-state index is 11.9. The number of rotatable bonds is 7. The monoisotopic (exact) mass is 344 g/mol. The van der Waals surface area contributed by atoms with Crippen molar-refractivity contribution in [2.24, 2.45) is 0 Å². The molecule has 1 unspecified atom stereocenters. The van der Waals surface area contributed by atoms with Gasteiger partial charge in [-0.25, -0.2) is 13.2 Å². The van der Waals surface area contributed by atoms with E-state index in [0.717, 1.165) is 6.26 Å². The first kappa shape index (κ1) is 18.9. The van der Waals surface area contributed by atoms with Gasteiger partial charge in [0.05, 0.1) is 6.61 Å². The lowest BCUT2D eigenvalue weighted by Gasteiger charge is -2.12. The van der Waals surface area contributed by atoms with Gasteiger partial charge in [-0.05, 0) is 25.1 Å². The predicted molar refractivity (Wildman–Crippen MR) is 86.2 cm³/mol. The number of hydrogen-bond donors (Lipinski definition) is 2. The molecular formula is C14H20N2O6S. The second-order valence-electron chi connectivity index (χ2n) is 4.80. The molecule has 2 amide bonds. The third-order valence-corrected chi connectivity index (χ3v) is 4.41. The maximum atomic E-state index is 11.9. The van der Waals surface area contributed by atoms with Crippen LogP contribution in [0, 0.1) is 0 Å². The number of sulfone groups is 1. The molecule has 0 saturated carbocycles. The first-order valence-corrected chi connectivity index (χ1v) is 8.72. The van der Waals surface area contributed by atoms with Crippen molar-refractivity contribution in [3.05, 3.63) is 24.3 Å². The van der Waals surface area contributed by atoms with Crippen LogP contribution in [-0.2, 0) is 24.1 Å². The van der Waals surface area contributed by atoms with Crippen LogP contribution in [0.5, 0.6) is 0 Å². The third-order valence-electron chi connectivity index (χ3n) is 2.91. The van der Waals surface area contributed by atoms with E-state index in [-0.39, 0.29) is 13.2 Å². The highest BCUT2D eigenvalue weighted by Gasteiger charge is 2.23. The Hall–Kier alpha value is -2.13. The molecular weight excluding hydrogens is 324 g/mol. The van der Waals surface area contributed by atoms with Gasteiger partial charge in [0, 0.05) is 24.7 Å². The number of nitrogens with one attached hydrogen (secondary N) is 2. The van der Waals surface area contributed by atoms with Crippen LogP contribution in [0.4, 0.5) is 16.2 Å². The fourth-order valence-corrected chi connectivity index (χ4v) is 1.93. The molecule has 0 spiro atoms. The van der Waals surface area contributed by atoms with Crippen molar-refractivity contribution in [2.75, 3.05) is 37.2 Å². The number of benzene rings is 1. The van der Waals surface area contributed by atoms with Gasteiger partial charge in [0.25, 0.3) is 0 Å². The average Bonchev–Trinajstić information content (AvgIpc) is 2.46. The zero-order chi connectivity index (χ0) is 17.5. The molecule has 1 aromatic carbocycles. The zero-order valence-corrected chi connectivity index (χ0v) is 14.0. The van der Waals surface area contributed by atoms with Crippen LogP contribution in [0.2, 0.25) is 0 Å². The van der Waals surface area contributed by atoms with E-state index < -0.39 is 27.1 Å². The van der Waals surface area contributed by atoms with E-state index in [2.05, 4.69) is 10.6 Å². The van der Waals surface area contributed by atoms with Crippen LogP contribution in [-0.4, -0.2) is 52.2 Å². The first-order chi connectivity index (χ1) is 10.7. The molecule has 1 rings (SSSR count). The predicted octanol–water partition coefficient (Wildman–Crippen LogP) is 1.25. The van der Waals surface area contributed by atoms with Crippen LogP contribution in [0.15, 0.2) is 24.3 Å². The first-order valence-electron chi connectivity index (χ1n) is 6.76. The van der Waals surface area contributed by atoms with Crippen LogP contribution in [0.3, 0.4) is 0 Å². The van der Waals surface area contributed by atoms with E-state index in [1.165, 1.54) is 20.1 Å². The molecule has 23 heavy (non-hydrogen) atoms. The fourth-order valence-electron chi connectivity index (χ4n) is 1.48. The lowest BCUT2D eigenvalue weighted by atomic mass is 10.2. The molecule has 0 aliphatic carbocycles. The summed E-state index contributed by atoms with van der Waals surface area (Å²) in [5.74, 6) is -0.646. The summed E-state index contributed by atoms with van der Waals surface area (Å²) >= 11 is 0. The molecule has 8 nitrogen and oxygen atoms in total. The number of amides is 2. The normalized spacial score (nSPS) is 12.3. The van der Waals surface area contributed by atoms with Gasteiger partial charge in [0.1, 0.15) is 11.9 Å². The summed E-state index contributed by atoms with van der Waals surface area (Å²) in [6.07, 6.45) is 0.334. The molecule has 9 heteroatoms. The summed E-state index contributed by atoms with van der Waals surface area (Å²) < 4.78 is 32.3. The molecule has 0 fully saturated rings. The summed E-state index contributed by atoms with van der Waals surface area (Å²) in [7, 11) is -1.99. The zero-order valence-electron chi connectivity index (χ0n) is 13.2. The van der Waals surface area contributed by atoms with Crippen molar-refractivity contribution in [1.29, 1.82) is 0 Å². The Bertz CT molecular complexity index is 659. The van der Waals surface area contributed by atoms with Gasteiger partial charge in [-0.2, -0.15) is 0 Å². The third kappa shape index (κ3) is 6.66. The van der Waals surface area contributed by atoms with E-state index >= 15 is 0 Å². The number of methoxy groups -OCH3 is 1. The number of carbonyl (C=O) groups is 2. The van der Waals surface area contributed by atoms with Crippen molar-refractivity contribution in [2.45, 2.75) is 12.2 Å². The molecule has 128 valence electrons. The average molecular weight is 344 g/mol. The second kappa shape index (κ2) is 8.49. The molecule has 2 N–H and O–H groups in total. The molecule has 0 aromatic heterocycles. The summed E-state index contributed by atoms with van der Waals surface area (Å²) in [4.78, 5) is 23.4. The standard InChI is InChI=1S/C14H20N2O6S/c1-10(23(3,19)20)13(17)15-11-5-4-6-12(9-11)16-14(18)22-8-7-21-2/h4-6,9-10H,7-8H2,1-3H3,(H,15,17)(H,16,18). The fraction of sp³-hybridized carbons (Fsp3) is 0.429. The molecule has 0 bridgehead atoms. The van der Waals surface area contributed by atoms with Gasteiger partial charge in [0.15, 0.2) is 9.84 Å². The minimum Gasteiger partial charge on any atom is -0.447 e. The topological polar surface area (TPSA) is 111 Å². The van der Waals surface area contributed by atoms with Crippen molar-refractivity contribution in [1.82, 2.24) is 0 Å². The van der Waals surface area contributed by atoms with Crippen molar-refractivity contribution in [3.63, 3.8) is 0 Å². The minimum atomic E-state index is -3.48. The summed E-state index contributed by atoms with van der Waals surface area (Å²) in [5, 5.41) is 3.80. The van der Waals surface area contributed by atoms with Crippen molar-refractivity contribution in [3.8, 4) is 0 Å². The van der Waals surface area contributed by atoms with Gasteiger partial charge in [0.2, 0.25) is 5.91 Å². The van der Waals surface area contributed by atoms with Gasteiger partial charge in [-0.3, -0.25) is 10.1 Å². The minimum absolute atomic E-state index is 0.116. The highest BCUT2D eigenvalue weighted by molar-refractivity contribution is 7.92. The van der Waals surface area contributed by atoms with Gasteiger partial charge < -0.3 is 14.8 Å². The van der Waals surface area contributed by atoms with Crippen LogP contribution < -0.4 is 10.6 Å². The largest absolute Gasteiger partial charge is 0.447 e. The quantitative estimate of drug-likeness (QED) is 0.720. The van der Waals surface area contributed by atoms with Gasteiger partial charge in [-0.15, -0.1) is 0 Å². The number of carbonyl (C=O) groups excluding carboxylic acids is 2. The summed E-state index contributed by atoms with van der Waals surface area (Å²) in [6.45, 7) is 1.71. The Labute approximate surface area is 135 Å². The lowest BCUT2D eigenvalue weighted by molar-refractivity contribution is -0.115. The van der Waals surface area contributed by atoms with E-state index in [1.54, 1.807) is 18.2 Å². The highest BCUT2D eigenvalue weighted by atomic mass is 32.2. The molecule has 0 saturated heterocycles. The van der Waals surface area contributed by atoms with E-state index in [0.29, 0.717) is 11.4 Å². The van der Waals surface area contributed by atoms with Crippen molar-refractivity contribution < 1.29 is 27.5 Å². The lowest BCUT2D eigenvalue weighted by Crippen LogP contribution is -2.31. The number of hydrogen-bond acceptors (Lipinski definition) is 6. The van der Waals surface area contributed by atoms with Crippen LogP contribution in [0.1, 0.15) is 6.92 Å². The molecule has 1 aromatic rings. The number of ether oxygens (including phenoxy) is 2. The Balaban J connectivity index is 2.66. The molecule has 0 heterocycles. The molecule has 0 aliphatic rings. The molecule has 0 aliphatic heterocycles. The SMILES string of the molecule is COCCOC(=O)Nc1cccc(NC(=O)C(C)S(C)(=O)=O)c1.